The summed E-state index contributed by atoms with van der Waals surface area (Å²) in [5.74, 6) is 0.480. The predicted octanol–water partition coefficient (Wildman–Crippen LogP) is 3.78. The van der Waals surface area contributed by atoms with E-state index >= 15 is 0 Å². The summed E-state index contributed by atoms with van der Waals surface area (Å²) in [6.45, 7) is 10.6. The SMILES string of the molecule is [C-]#[N+]c1ccc(-c2nc(N3CCC4CNCC4C3)cc(=O)n2-c2ccc(OC)c(F)c2)cc1F. The number of rotatable bonds is 4. The van der Waals surface area contributed by atoms with Crippen LogP contribution in [0.2, 0.25) is 0 Å². The van der Waals surface area contributed by atoms with Crippen LogP contribution in [-0.4, -0.2) is 42.8 Å². The van der Waals surface area contributed by atoms with Crippen molar-refractivity contribution in [1.82, 2.24) is 14.9 Å². The lowest BCUT2D eigenvalue weighted by molar-refractivity contribution is 0.347. The molecule has 0 spiro atoms. The molecule has 9 heteroatoms. The lowest BCUT2D eigenvalue weighted by atomic mass is 9.89. The number of hydrogen-bond acceptors (Lipinski definition) is 5. The fraction of sp³-hybridized carbons (Fsp3) is 0.320. The molecule has 0 aliphatic carbocycles. The molecule has 0 saturated carbocycles. The minimum absolute atomic E-state index is 0.0448. The molecule has 2 saturated heterocycles. The van der Waals surface area contributed by atoms with Crippen LogP contribution in [-0.2, 0) is 0 Å². The van der Waals surface area contributed by atoms with E-state index in [9.17, 15) is 13.6 Å². The van der Waals surface area contributed by atoms with Crippen molar-refractivity contribution < 1.29 is 13.5 Å². The molecule has 2 fully saturated rings. The zero-order valence-corrected chi connectivity index (χ0v) is 18.6. The van der Waals surface area contributed by atoms with Crippen LogP contribution in [0.3, 0.4) is 0 Å². The maximum atomic E-state index is 14.5. The van der Waals surface area contributed by atoms with E-state index < -0.39 is 17.2 Å². The first-order valence-corrected chi connectivity index (χ1v) is 11.1. The minimum atomic E-state index is -0.711. The molecule has 34 heavy (non-hydrogen) atoms. The summed E-state index contributed by atoms with van der Waals surface area (Å²) < 4.78 is 35.2. The van der Waals surface area contributed by atoms with Gasteiger partial charge >= 0.3 is 0 Å². The molecule has 0 bridgehead atoms. The van der Waals surface area contributed by atoms with Crippen molar-refractivity contribution in [2.75, 3.05) is 38.2 Å². The van der Waals surface area contributed by atoms with Gasteiger partial charge in [0, 0.05) is 30.8 Å². The number of fused-ring (bicyclic) bond motifs is 1. The molecule has 0 radical (unpaired) electrons. The van der Waals surface area contributed by atoms with Gasteiger partial charge in [0.1, 0.15) is 17.5 Å². The number of piperidine rings is 1. The molecule has 1 aromatic heterocycles. The summed E-state index contributed by atoms with van der Waals surface area (Å²) in [5.41, 5.74) is 0.0224. The van der Waals surface area contributed by atoms with E-state index in [4.69, 9.17) is 16.3 Å². The maximum absolute atomic E-state index is 14.5. The number of anilines is 1. The summed E-state index contributed by atoms with van der Waals surface area (Å²) in [7, 11) is 1.36. The number of nitrogens with one attached hydrogen (secondary N) is 1. The van der Waals surface area contributed by atoms with E-state index in [0.29, 0.717) is 23.2 Å². The predicted molar refractivity (Wildman–Crippen MR) is 125 cm³/mol. The number of halogens is 2. The largest absolute Gasteiger partial charge is 0.494 e. The first kappa shape index (κ1) is 22.0. The van der Waals surface area contributed by atoms with E-state index in [1.807, 2.05) is 0 Å². The number of benzene rings is 2. The minimum Gasteiger partial charge on any atom is -0.494 e. The molecule has 2 unspecified atom stereocenters. The average molecular weight is 463 g/mol. The first-order chi connectivity index (χ1) is 16.5. The second-order valence-electron chi connectivity index (χ2n) is 8.62. The molecule has 5 rings (SSSR count). The topological polar surface area (TPSA) is 63.8 Å². The van der Waals surface area contributed by atoms with Crippen LogP contribution in [0, 0.1) is 30.0 Å². The Morgan fingerprint density at radius 2 is 1.94 bits per heavy atom. The summed E-state index contributed by atoms with van der Waals surface area (Å²) >= 11 is 0. The van der Waals surface area contributed by atoms with E-state index in [1.54, 1.807) is 12.1 Å². The van der Waals surface area contributed by atoms with Crippen LogP contribution >= 0.6 is 0 Å². The highest BCUT2D eigenvalue weighted by atomic mass is 19.1. The van der Waals surface area contributed by atoms with E-state index in [-0.39, 0.29) is 22.9 Å². The van der Waals surface area contributed by atoms with Gasteiger partial charge in [-0.1, -0.05) is 12.1 Å². The smallest absolute Gasteiger partial charge is 0.260 e. The molecule has 1 N–H and O–H groups in total. The van der Waals surface area contributed by atoms with Gasteiger partial charge in [-0.25, -0.2) is 18.6 Å². The number of ether oxygens (including phenoxy) is 1. The Morgan fingerprint density at radius 3 is 2.68 bits per heavy atom. The van der Waals surface area contributed by atoms with Crippen molar-refractivity contribution in [3.05, 3.63) is 75.9 Å². The van der Waals surface area contributed by atoms with Gasteiger partial charge in [-0.15, -0.1) is 0 Å². The third kappa shape index (κ3) is 3.90. The van der Waals surface area contributed by atoms with Crippen LogP contribution in [0.1, 0.15) is 6.42 Å². The van der Waals surface area contributed by atoms with Gasteiger partial charge in [0.05, 0.1) is 19.4 Å². The summed E-state index contributed by atoms with van der Waals surface area (Å²) in [6.07, 6.45) is 0.996. The molecule has 0 amide bonds. The Labute approximate surface area is 195 Å². The summed E-state index contributed by atoms with van der Waals surface area (Å²) in [6, 6.07) is 9.69. The Kier molecular flexibility index (Phi) is 5.75. The van der Waals surface area contributed by atoms with Crippen LogP contribution in [0.4, 0.5) is 20.3 Å². The zero-order valence-electron chi connectivity index (χ0n) is 18.6. The van der Waals surface area contributed by atoms with Gasteiger partial charge in [-0.3, -0.25) is 9.36 Å². The maximum Gasteiger partial charge on any atom is 0.260 e. The standard InChI is InChI=1S/C25H23F2N5O2/c1-28-21-5-3-15(9-19(21)26)25-30-23(31-8-7-16-12-29-13-17(16)14-31)11-24(33)32(25)18-4-6-22(34-2)20(27)10-18/h3-6,9-11,16-17,29H,7-8,12-14H2,2H3. The van der Waals surface area contributed by atoms with Crippen molar-refractivity contribution >= 4 is 11.5 Å². The summed E-state index contributed by atoms with van der Waals surface area (Å²) in [4.78, 5) is 23.4. The van der Waals surface area contributed by atoms with Gasteiger partial charge in [0.15, 0.2) is 11.6 Å². The van der Waals surface area contributed by atoms with Gasteiger partial charge < -0.3 is 15.0 Å². The lowest BCUT2D eigenvalue weighted by Crippen LogP contribution is -2.41. The second kappa shape index (κ2) is 8.88. The van der Waals surface area contributed by atoms with Gasteiger partial charge in [-0.05, 0) is 49.5 Å². The van der Waals surface area contributed by atoms with Crippen LogP contribution in [0.5, 0.6) is 5.75 Å². The number of hydrogen-bond donors (Lipinski definition) is 1. The normalized spacial score (nSPS) is 19.5. The van der Waals surface area contributed by atoms with E-state index in [0.717, 1.165) is 32.6 Å². The van der Waals surface area contributed by atoms with Crippen molar-refractivity contribution in [2.24, 2.45) is 11.8 Å². The van der Waals surface area contributed by atoms with Crippen molar-refractivity contribution in [2.45, 2.75) is 6.42 Å². The number of nitrogens with zero attached hydrogens (tertiary/aromatic N) is 4. The van der Waals surface area contributed by atoms with Gasteiger partial charge in [0.25, 0.3) is 5.56 Å². The quantitative estimate of drug-likeness (QED) is 0.597. The highest BCUT2D eigenvalue weighted by molar-refractivity contribution is 5.65. The van der Waals surface area contributed by atoms with Crippen molar-refractivity contribution in [3.63, 3.8) is 0 Å². The zero-order chi connectivity index (χ0) is 23.8. The van der Waals surface area contributed by atoms with Crippen molar-refractivity contribution in [3.8, 4) is 22.8 Å². The Bertz CT molecular complexity index is 1350. The third-order valence-corrected chi connectivity index (χ3v) is 6.65. The highest BCUT2D eigenvalue weighted by Crippen LogP contribution is 2.31. The number of aromatic nitrogens is 2. The second-order valence-corrected chi connectivity index (χ2v) is 8.62. The van der Waals surface area contributed by atoms with Gasteiger partial charge in [0.2, 0.25) is 5.69 Å². The molecule has 2 aliphatic rings. The molecular weight excluding hydrogens is 440 g/mol. The van der Waals surface area contributed by atoms with Gasteiger partial charge in [-0.2, -0.15) is 0 Å². The monoisotopic (exact) mass is 463 g/mol. The summed E-state index contributed by atoms with van der Waals surface area (Å²) in [5, 5.41) is 3.42. The van der Waals surface area contributed by atoms with Crippen LogP contribution in [0.25, 0.3) is 21.9 Å². The molecule has 174 valence electrons. The Morgan fingerprint density at radius 1 is 1.12 bits per heavy atom. The molecule has 7 nitrogen and oxygen atoms in total. The fourth-order valence-electron chi connectivity index (χ4n) is 4.85. The molecule has 3 heterocycles. The fourth-order valence-corrected chi connectivity index (χ4v) is 4.85. The molecule has 2 aliphatic heterocycles. The van der Waals surface area contributed by atoms with E-state index in [2.05, 4.69) is 15.1 Å². The Hall–Kier alpha value is -3.77. The first-order valence-electron chi connectivity index (χ1n) is 11.1. The van der Waals surface area contributed by atoms with Crippen molar-refractivity contribution in [1.29, 1.82) is 0 Å². The number of methoxy groups -OCH3 is 1. The lowest BCUT2D eigenvalue weighted by Gasteiger charge is -2.35. The molecule has 2 aromatic carbocycles. The van der Waals surface area contributed by atoms with Crippen LogP contribution in [0.15, 0.2) is 47.3 Å². The third-order valence-electron chi connectivity index (χ3n) is 6.65. The molecular formula is C25H23F2N5O2. The van der Waals surface area contributed by atoms with Crippen LogP contribution < -0.4 is 20.5 Å². The average Bonchev–Trinajstić information content (AvgIpc) is 3.31. The van der Waals surface area contributed by atoms with E-state index in [1.165, 1.54) is 42.0 Å². The highest BCUT2D eigenvalue weighted by Gasteiger charge is 2.33. The molecule has 3 aromatic rings. The Balaban J connectivity index is 1.65. The molecule has 2 atom stereocenters.